The minimum Gasteiger partial charge on any atom is -0.356 e. The Morgan fingerprint density at radius 3 is 2.59 bits per heavy atom. The van der Waals surface area contributed by atoms with E-state index in [0.29, 0.717) is 0 Å². The molecule has 4 nitrogen and oxygen atoms in total. The van der Waals surface area contributed by atoms with Crippen LogP contribution >= 0.6 is 0 Å². The zero-order valence-corrected chi connectivity index (χ0v) is 14.4. The van der Waals surface area contributed by atoms with E-state index in [4.69, 9.17) is 0 Å². The number of nitrogens with one attached hydrogen (secondary N) is 2. The van der Waals surface area contributed by atoms with Crippen LogP contribution < -0.4 is 10.6 Å². The minimum absolute atomic E-state index is 0.760. The third-order valence-corrected chi connectivity index (χ3v) is 4.56. The molecule has 0 aromatic heterocycles. The van der Waals surface area contributed by atoms with Gasteiger partial charge in [0.1, 0.15) is 0 Å². The van der Waals surface area contributed by atoms with Crippen molar-refractivity contribution in [1.82, 2.24) is 15.5 Å². The molecule has 1 fully saturated rings. The van der Waals surface area contributed by atoms with E-state index >= 15 is 0 Å². The second-order valence-corrected chi connectivity index (χ2v) is 6.48. The highest BCUT2D eigenvalue weighted by Crippen LogP contribution is 2.14. The minimum atomic E-state index is 0.760. The Kier molecular flexibility index (Phi) is 6.25. The fraction of sp³-hybridized carbons (Fsp3) is 0.611. The van der Waals surface area contributed by atoms with E-state index in [0.717, 1.165) is 25.0 Å². The van der Waals surface area contributed by atoms with E-state index in [1.165, 1.54) is 42.6 Å². The lowest BCUT2D eigenvalue weighted by Crippen LogP contribution is -2.42. The molecule has 1 heterocycles. The van der Waals surface area contributed by atoms with Crippen molar-refractivity contribution in [2.24, 2.45) is 10.9 Å². The molecule has 0 unspecified atom stereocenters. The van der Waals surface area contributed by atoms with Gasteiger partial charge in [0, 0.05) is 20.1 Å². The van der Waals surface area contributed by atoms with Crippen LogP contribution in [-0.4, -0.2) is 44.6 Å². The van der Waals surface area contributed by atoms with Crippen molar-refractivity contribution in [3.63, 3.8) is 0 Å². The summed E-state index contributed by atoms with van der Waals surface area (Å²) in [5.41, 5.74) is 3.97. The van der Waals surface area contributed by atoms with Gasteiger partial charge in [0.25, 0.3) is 0 Å². The third kappa shape index (κ3) is 5.02. The number of hydrogen-bond donors (Lipinski definition) is 2. The van der Waals surface area contributed by atoms with Gasteiger partial charge in [-0.05, 0) is 63.9 Å². The number of guanidine groups is 1. The first kappa shape index (κ1) is 16.8. The Balaban J connectivity index is 1.77. The summed E-state index contributed by atoms with van der Waals surface area (Å²) in [7, 11) is 4.04. The molecular formula is C18H30N4. The molecule has 0 bridgehead atoms. The summed E-state index contributed by atoms with van der Waals surface area (Å²) in [4.78, 5) is 6.74. The number of piperidine rings is 1. The van der Waals surface area contributed by atoms with Gasteiger partial charge < -0.3 is 15.5 Å². The Labute approximate surface area is 135 Å². The number of hydrogen-bond acceptors (Lipinski definition) is 2. The fourth-order valence-corrected chi connectivity index (χ4v) is 2.95. The van der Waals surface area contributed by atoms with Crippen molar-refractivity contribution in [1.29, 1.82) is 0 Å². The monoisotopic (exact) mass is 302 g/mol. The maximum atomic E-state index is 4.33. The molecule has 1 aromatic rings. The molecule has 2 N–H and O–H groups in total. The van der Waals surface area contributed by atoms with Gasteiger partial charge in [0.2, 0.25) is 0 Å². The molecule has 0 spiro atoms. The van der Waals surface area contributed by atoms with Gasteiger partial charge >= 0.3 is 0 Å². The Morgan fingerprint density at radius 1 is 1.23 bits per heavy atom. The average molecular weight is 302 g/mol. The second-order valence-electron chi connectivity index (χ2n) is 6.48. The van der Waals surface area contributed by atoms with Gasteiger partial charge in [-0.3, -0.25) is 4.99 Å². The lowest BCUT2D eigenvalue weighted by molar-refractivity contribution is 0.220. The number of nitrogens with zero attached hydrogens (tertiary/aromatic N) is 2. The standard InChI is InChI=1S/C18H30N4/c1-14-5-6-17(15(2)11-14)13-21-18(19-3)20-12-16-7-9-22(4)10-8-16/h5-6,11,16H,7-10,12-13H2,1-4H3,(H2,19,20,21). The molecule has 0 amide bonds. The molecule has 1 aliphatic heterocycles. The molecule has 122 valence electrons. The lowest BCUT2D eigenvalue weighted by Gasteiger charge is -2.29. The van der Waals surface area contributed by atoms with Gasteiger partial charge in [-0.2, -0.15) is 0 Å². The summed E-state index contributed by atoms with van der Waals surface area (Å²) in [6.45, 7) is 8.55. The average Bonchev–Trinajstić information content (AvgIpc) is 2.51. The van der Waals surface area contributed by atoms with Crippen molar-refractivity contribution in [2.45, 2.75) is 33.2 Å². The van der Waals surface area contributed by atoms with Crippen LogP contribution in [0.2, 0.25) is 0 Å². The molecule has 1 saturated heterocycles. The van der Waals surface area contributed by atoms with E-state index in [-0.39, 0.29) is 0 Å². The smallest absolute Gasteiger partial charge is 0.191 e. The molecule has 4 heteroatoms. The Morgan fingerprint density at radius 2 is 1.95 bits per heavy atom. The van der Waals surface area contributed by atoms with Crippen LogP contribution in [0, 0.1) is 19.8 Å². The fourth-order valence-electron chi connectivity index (χ4n) is 2.95. The van der Waals surface area contributed by atoms with Gasteiger partial charge in [-0.25, -0.2) is 0 Å². The summed E-state index contributed by atoms with van der Waals surface area (Å²) in [6, 6.07) is 6.59. The predicted octanol–water partition coefficient (Wildman–Crippen LogP) is 2.31. The van der Waals surface area contributed by atoms with Crippen LogP contribution in [0.15, 0.2) is 23.2 Å². The highest BCUT2D eigenvalue weighted by Gasteiger charge is 2.16. The SMILES string of the molecule is CN=C(NCc1ccc(C)cc1C)NCC1CCN(C)CC1. The highest BCUT2D eigenvalue weighted by molar-refractivity contribution is 5.79. The second kappa shape index (κ2) is 8.18. The van der Waals surface area contributed by atoms with Crippen LogP contribution in [0.3, 0.4) is 0 Å². The van der Waals surface area contributed by atoms with Crippen molar-refractivity contribution >= 4 is 5.96 Å². The van der Waals surface area contributed by atoms with Crippen LogP contribution in [0.4, 0.5) is 0 Å². The van der Waals surface area contributed by atoms with Crippen LogP contribution in [0.5, 0.6) is 0 Å². The molecule has 0 radical (unpaired) electrons. The molecular weight excluding hydrogens is 272 g/mol. The number of aliphatic imine (C=N–C) groups is 1. The van der Waals surface area contributed by atoms with Crippen molar-refractivity contribution < 1.29 is 0 Å². The van der Waals surface area contributed by atoms with E-state index in [2.05, 4.69) is 59.6 Å². The summed E-state index contributed by atoms with van der Waals surface area (Å²) in [6.07, 6.45) is 2.55. The summed E-state index contributed by atoms with van der Waals surface area (Å²) in [5.74, 6) is 1.66. The van der Waals surface area contributed by atoms with Crippen molar-refractivity contribution in [2.75, 3.05) is 33.7 Å². The van der Waals surface area contributed by atoms with Gasteiger partial charge in [0.05, 0.1) is 0 Å². The normalized spacial score (nSPS) is 17.5. The molecule has 0 aliphatic carbocycles. The molecule has 0 saturated carbocycles. The van der Waals surface area contributed by atoms with E-state index in [9.17, 15) is 0 Å². The number of rotatable bonds is 4. The quantitative estimate of drug-likeness (QED) is 0.662. The summed E-state index contributed by atoms with van der Waals surface area (Å²) in [5, 5.41) is 6.90. The first-order valence-corrected chi connectivity index (χ1v) is 8.27. The molecule has 2 rings (SSSR count). The maximum absolute atomic E-state index is 4.33. The summed E-state index contributed by atoms with van der Waals surface area (Å²) >= 11 is 0. The van der Waals surface area contributed by atoms with Gasteiger partial charge in [-0.15, -0.1) is 0 Å². The first-order chi connectivity index (χ1) is 10.6. The van der Waals surface area contributed by atoms with Gasteiger partial charge in [0.15, 0.2) is 5.96 Å². The van der Waals surface area contributed by atoms with E-state index in [1.54, 1.807) is 0 Å². The third-order valence-electron chi connectivity index (χ3n) is 4.56. The molecule has 1 aromatic carbocycles. The Hall–Kier alpha value is -1.55. The first-order valence-electron chi connectivity index (χ1n) is 8.27. The van der Waals surface area contributed by atoms with Crippen LogP contribution in [-0.2, 0) is 6.54 Å². The molecule has 22 heavy (non-hydrogen) atoms. The number of benzene rings is 1. The maximum Gasteiger partial charge on any atom is 0.191 e. The Bertz CT molecular complexity index is 502. The highest BCUT2D eigenvalue weighted by atomic mass is 15.2. The number of likely N-dealkylation sites (tertiary alicyclic amines) is 1. The van der Waals surface area contributed by atoms with Gasteiger partial charge in [-0.1, -0.05) is 23.8 Å². The molecule has 1 aliphatic rings. The van der Waals surface area contributed by atoms with Crippen LogP contribution in [0.25, 0.3) is 0 Å². The zero-order valence-electron chi connectivity index (χ0n) is 14.4. The topological polar surface area (TPSA) is 39.7 Å². The molecule has 0 atom stereocenters. The zero-order chi connectivity index (χ0) is 15.9. The largest absolute Gasteiger partial charge is 0.356 e. The van der Waals surface area contributed by atoms with E-state index in [1.807, 2.05) is 7.05 Å². The van der Waals surface area contributed by atoms with Crippen LogP contribution in [0.1, 0.15) is 29.5 Å². The predicted molar refractivity (Wildman–Crippen MR) is 94.3 cm³/mol. The lowest BCUT2D eigenvalue weighted by atomic mass is 9.97. The van der Waals surface area contributed by atoms with Crippen molar-refractivity contribution in [3.05, 3.63) is 34.9 Å². The van der Waals surface area contributed by atoms with Crippen molar-refractivity contribution in [3.8, 4) is 0 Å². The number of aryl methyl sites for hydroxylation is 2. The van der Waals surface area contributed by atoms with E-state index < -0.39 is 0 Å². The summed E-state index contributed by atoms with van der Waals surface area (Å²) < 4.78 is 0.